The van der Waals surface area contributed by atoms with Crippen molar-refractivity contribution in [1.82, 2.24) is 0 Å². The molecule has 0 aromatic rings. The van der Waals surface area contributed by atoms with Crippen molar-refractivity contribution in [2.75, 3.05) is 6.61 Å². The van der Waals surface area contributed by atoms with Crippen LogP contribution in [0.3, 0.4) is 0 Å². The lowest BCUT2D eigenvalue weighted by atomic mass is 10.2. The van der Waals surface area contributed by atoms with E-state index in [1.165, 1.54) is 6.08 Å². The molecule has 0 bridgehead atoms. The maximum absolute atomic E-state index is 11.2. The van der Waals surface area contributed by atoms with Crippen LogP contribution in [0.15, 0.2) is 11.6 Å². The number of esters is 1. The Labute approximate surface area is 87.0 Å². The normalized spacial score (nSPS) is 24.1. The van der Waals surface area contributed by atoms with Crippen molar-refractivity contribution in [2.24, 2.45) is 11.8 Å². The third-order valence-electron chi connectivity index (χ3n) is 2.15. The number of ether oxygens (including phenoxy) is 1. The van der Waals surface area contributed by atoms with Gasteiger partial charge in [-0.15, -0.1) is 0 Å². The van der Waals surface area contributed by atoms with E-state index in [1.54, 1.807) is 13.0 Å². The molecule has 0 radical (unpaired) electrons. The molecule has 0 aliphatic heterocycles. The molecule has 2 atom stereocenters. The number of hydrogen-bond donors (Lipinski definition) is 1. The Bertz CT molecular complexity index is 353. The molecule has 1 aliphatic carbocycles. The Balaban J connectivity index is 2.61. The number of carboxylic acids is 1. The first-order chi connectivity index (χ1) is 7.10. The van der Waals surface area contributed by atoms with Crippen molar-refractivity contribution in [3.63, 3.8) is 0 Å². The minimum atomic E-state index is -0.891. The van der Waals surface area contributed by atoms with Crippen molar-refractivity contribution in [2.45, 2.75) is 13.3 Å². The van der Waals surface area contributed by atoms with Crippen molar-refractivity contribution >= 4 is 11.9 Å². The molecule has 1 aliphatic rings. The van der Waals surface area contributed by atoms with Gasteiger partial charge in [-0.2, -0.15) is 5.26 Å². The molecule has 1 rings (SSSR count). The van der Waals surface area contributed by atoms with E-state index in [0.29, 0.717) is 6.42 Å². The average Bonchev–Trinajstić information content (AvgIpc) is 2.93. The van der Waals surface area contributed by atoms with Gasteiger partial charge in [-0.3, -0.25) is 4.79 Å². The van der Waals surface area contributed by atoms with E-state index < -0.39 is 17.9 Å². The molecule has 0 aromatic heterocycles. The van der Waals surface area contributed by atoms with Crippen LogP contribution in [0.1, 0.15) is 13.3 Å². The molecule has 1 saturated carbocycles. The summed E-state index contributed by atoms with van der Waals surface area (Å²) in [5, 5.41) is 17.3. The molecule has 0 amide bonds. The first kappa shape index (κ1) is 11.2. The predicted molar refractivity (Wildman–Crippen MR) is 49.6 cm³/mol. The fourth-order valence-corrected chi connectivity index (χ4v) is 1.26. The van der Waals surface area contributed by atoms with Gasteiger partial charge >= 0.3 is 11.9 Å². The van der Waals surface area contributed by atoms with E-state index >= 15 is 0 Å². The Morgan fingerprint density at radius 1 is 1.67 bits per heavy atom. The molecular weight excluding hydrogens is 198 g/mol. The highest BCUT2D eigenvalue weighted by Gasteiger charge is 2.42. The van der Waals surface area contributed by atoms with Gasteiger partial charge in [0.05, 0.1) is 12.5 Å². The molecule has 0 spiro atoms. The van der Waals surface area contributed by atoms with Gasteiger partial charge in [0.2, 0.25) is 0 Å². The minimum Gasteiger partial charge on any atom is -0.481 e. The summed E-state index contributed by atoms with van der Waals surface area (Å²) >= 11 is 0. The fraction of sp³-hybridized carbons (Fsp3) is 0.500. The second-order valence-electron chi connectivity index (χ2n) is 3.26. The minimum absolute atomic E-state index is 0.106. The number of nitriles is 1. The molecule has 5 heteroatoms. The number of carbonyl (C=O) groups is 2. The summed E-state index contributed by atoms with van der Waals surface area (Å²) in [5.41, 5.74) is -0.106. The molecule has 0 aromatic carbocycles. The van der Waals surface area contributed by atoms with Gasteiger partial charge in [0.1, 0.15) is 11.6 Å². The number of nitrogens with zero attached hydrogens (tertiary/aromatic N) is 1. The number of aliphatic carboxylic acids is 1. The van der Waals surface area contributed by atoms with Gasteiger partial charge in [0, 0.05) is 0 Å². The van der Waals surface area contributed by atoms with Crippen LogP contribution in [0.4, 0.5) is 0 Å². The van der Waals surface area contributed by atoms with Gasteiger partial charge in [-0.25, -0.2) is 4.79 Å². The van der Waals surface area contributed by atoms with Crippen LogP contribution in [-0.4, -0.2) is 23.7 Å². The van der Waals surface area contributed by atoms with Crippen molar-refractivity contribution in [3.8, 4) is 6.07 Å². The van der Waals surface area contributed by atoms with Gasteiger partial charge in [-0.1, -0.05) is 6.08 Å². The van der Waals surface area contributed by atoms with Crippen LogP contribution >= 0.6 is 0 Å². The summed E-state index contributed by atoms with van der Waals surface area (Å²) < 4.78 is 4.64. The van der Waals surface area contributed by atoms with Crippen LogP contribution in [0.2, 0.25) is 0 Å². The maximum Gasteiger partial charge on any atom is 0.348 e. The highest BCUT2D eigenvalue weighted by molar-refractivity contribution is 5.93. The van der Waals surface area contributed by atoms with Crippen LogP contribution in [0.25, 0.3) is 0 Å². The Morgan fingerprint density at radius 2 is 2.33 bits per heavy atom. The lowest BCUT2D eigenvalue weighted by molar-refractivity contribution is -0.139. The Morgan fingerprint density at radius 3 is 2.73 bits per heavy atom. The second-order valence-corrected chi connectivity index (χ2v) is 3.26. The van der Waals surface area contributed by atoms with Gasteiger partial charge < -0.3 is 9.84 Å². The first-order valence-electron chi connectivity index (χ1n) is 4.62. The number of carboxylic acid groups (broad SMARTS) is 1. The number of carbonyl (C=O) groups excluding carboxylic acids is 1. The molecule has 5 nitrogen and oxygen atoms in total. The number of hydrogen-bond acceptors (Lipinski definition) is 4. The Kier molecular flexibility index (Phi) is 3.45. The summed E-state index contributed by atoms with van der Waals surface area (Å²) in [5.74, 6) is -2.24. The molecule has 1 N–H and O–H groups in total. The van der Waals surface area contributed by atoms with Gasteiger partial charge in [0.15, 0.2) is 0 Å². The van der Waals surface area contributed by atoms with Crippen LogP contribution in [0, 0.1) is 23.2 Å². The highest BCUT2D eigenvalue weighted by Crippen LogP contribution is 2.40. The van der Waals surface area contributed by atoms with E-state index in [0.717, 1.165) is 0 Å². The largest absolute Gasteiger partial charge is 0.481 e. The number of allylic oxidation sites excluding steroid dienone is 1. The lowest BCUT2D eigenvalue weighted by Crippen LogP contribution is -2.07. The zero-order chi connectivity index (χ0) is 11.4. The summed E-state index contributed by atoms with van der Waals surface area (Å²) in [6, 6.07) is 1.71. The van der Waals surface area contributed by atoms with Crippen molar-refractivity contribution < 1.29 is 19.4 Å². The van der Waals surface area contributed by atoms with Gasteiger partial charge in [0.25, 0.3) is 0 Å². The molecule has 15 heavy (non-hydrogen) atoms. The van der Waals surface area contributed by atoms with E-state index in [4.69, 9.17) is 10.4 Å². The highest BCUT2D eigenvalue weighted by atomic mass is 16.5. The topological polar surface area (TPSA) is 87.4 Å². The smallest absolute Gasteiger partial charge is 0.348 e. The van der Waals surface area contributed by atoms with Crippen molar-refractivity contribution in [1.29, 1.82) is 5.26 Å². The monoisotopic (exact) mass is 209 g/mol. The third-order valence-corrected chi connectivity index (χ3v) is 2.15. The maximum atomic E-state index is 11.2. The van der Waals surface area contributed by atoms with Crippen LogP contribution < -0.4 is 0 Å². The Hall–Kier alpha value is -1.83. The quantitative estimate of drug-likeness (QED) is 0.418. The zero-order valence-electron chi connectivity index (χ0n) is 8.27. The standard InChI is InChI=1S/C10H11NO4/c1-2-15-10(14)7(5-11)3-6-4-8(6)9(12)13/h3,6,8H,2,4H2,1H3,(H,12,13)/t6?,8-/m1/s1. The molecule has 0 heterocycles. The molecule has 1 unspecified atom stereocenters. The SMILES string of the molecule is CCOC(=O)C(C#N)=CC1C[C@H]1C(=O)O. The first-order valence-corrected chi connectivity index (χ1v) is 4.62. The predicted octanol–water partition coefficient (Wildman–Crippen LogP) is 0.720. The van der Waals surface area contributed by atoms with E-state index in [2.05, 4.69) is 4.74 Å². The van der Waals surface area contributed by atoms with E-state index in [-0.39, 0.29) is 18.1 Å². The molecule has 80 valence electrons. The summed E-state index contributed by atoms with van der Waals surface area (Å²) in [7, 11) is 0. The molecule has 0 saturated heterocycles. The third kappa shape index (κ3) is 2.81. The lowest BCUT2D eigenvalue weighted by Gasteiger charge is -1.98. The fourth-order valence-electron chi connectivity index (χ4n) is 1.26. The molecular formula is C10H11NO4. The van der Waals surface area contributed by atoms with Gasteiger partial charge in [-0.05, 0) is 19.3 Å². The van der Waals surface area contributed by atoms with E-state index in [1.807, 2.05) is 0 Å². The van der Waals surface area contributed by atoms with Crippen LogP contribution in [-0.2, 0) is 14.3 Å². The average molecular weight is 209 g/mol. The summed E-state index contributed by atoms with van der Waals surface area (Å²) in [6.07, 6.45) is 1.87. The summed E-state index contributed by atoms with van der Waals surface area (Å²) in [6.45, 7) is 1.84. The van der Waals surface area contributed by atoms with E-state index in [9.17, 15) is 9.59 Å². The number of rotatable bonds is 4. The molecule has 1 fully saturated rings. The van der Waals surface area contributed by atoms with Crippen molar-refractivity contribution in [3.05, 3.63) is 11.6 Å². The second kappa shape index (κ2) is 4.60. The zero-order valence-corrected chi connectivity index (χ0v) is 8.27. The summed E-state index contributed by atoms with van der Waals surface area (Å²) in [4.78, 5) is 21.7. The van der Waals surface area contributed by atoms with Crippen LogP contribution in [0.5, 0.6) is 0 Å².